The second kappa shape index (κ2) is 14.7. The van der Waals surface area contributed by atoms with Crippen LogP contribution in [-0.2, 0) is 11.3 Å². The Bertz CT molecular complexity index is 406. The zero-order valence-electron chi connectivity index (χ0n) is 14.8. The van der Waals surface area contributed by atoms with Gasteiger partial charge in [0.05, 0.1) is 6.42 Å². The highest BCUT2D eigenvalue weighted by Gasteiger charge is 2.05. The number of hydrogen-bond acceptors (Lipinski definition) is 1. The molecule has 132 valence electrons. The molecule has 1 N–H and O–H groups in total. The monoisotopic (exact) mass is 384 g/mol. The lowest BCUT2D eigenvalue weighted by Gasteiger charge is -2.04. The van der Waals surface area contributed by atoms with E-state index in [2.05, 4.69) is 35.9 Å². The molecule has 0 aromatic carbocycles. The quantitative estimate of drug-likeness (QED) is 0.422. The third-order valence-electron chi connectivity index (χ3n) is 4.01. The topological polar surface area (TPSA) is 33.0 Å². The number of aromatic nitrogens is 1. The largest absolute Gasteiger partial charge is 1.00 e. The number of nitrogens with zero attached hydrogens (tertiary/aromatic N) is 1. The van der Waals surface area contributed by atoms with Crippen LogP contribution >= 0.6 is 0 Å². The van der Waals surface area contributed by atoms with Crippen molar-refractivity contribution in [2.45, 2.75) is 78.2 Å². The van der Waals surface area contributed by atoms with Gasteiger partial charge in [0.25, 0.3) is 0 Å². The summed E-state index contributed by atoms with van der Waals surface area (Å²) in [4.78, 5) is 11.8. The number of nitrogens with one attached hydrogen (secondary N) is 1. The first-order valence-corrected chi connectivity index (χ1v) is 8.94. The normalized spacial score (nSPS) is 10.2. The summed E-state index contributed by atoms with van der Waals surface area (Å²) in [6, 6.07) is 4.14. The molecule has 1 amide bonds. The average molecular weight is 385 g/mol. The number of pyridine rings is 1. The van der Waals surface area contributed by atoms with Crippen molar-refractivity contribution in [3.05, 3.63) is 30.1 Å². The summed E-state index contributed by atoms with van der Waals surface area (Å²) in [6.07, 6.45) is 15.0. The molecule has 0 fully saturated rings. The first-order chi connectivity index (χ1) is 10.7. The van der Waals surface area contributed by atoms with Gasteiger partial charge in [-0.3, -0.25) is 4.79 Å². The molecule has 0 aliphatic rings. The lowest BCUT2D eigenvalue weighted by Crippen LogP contribution is -3.00. The number of unbranched alkanes of at least 4 members (excludes halogenated alkanes) is 7. The molecule has 1 heterocycles. The molecule has 1 aromatic rings. The Balaban J connectivity index is 0.00000484. The minimum Gasteiger partial charge on any atom is -1.00 e. The maximum Gasteiger partial charge on any atom is 0.226 e. The highest BCUT2D eigenvalue weighted by Crippen LogP contribution is 2.07. The molecule has 0 bridgehead atoms. The summed E-state index contributed by atoms with van der Waals surface area (Å²) in [5.74, 6) is 0.163. The maximum absolute atomic E-state index is 11.8. The standard InChI is InChI=1S/C19H32N2O.BrH/c1-3-4-5-6-7-8-9-10-14-20-19(22)13-17-21-15-11-18(2)12-16-21;/h11-12,15-16H,3-10,13-14,17H2,1-2H3;1H. The van der Waals surface area contributed by atoms with Crippen molar-refractivity contribution in [3.8, 4) is 0 Å². The van der Waals surface area contributed by atoms with Gasteiger partial charge in [-0.05, 0) is 18.9 Å². The maximum atomic E-state index is 11.8. The van der Waals surface area contributed by atoms with Crippen LogP contribution in [0.1, 0.15) is 70.3 Å². The molecule has 0 aliphatic carbocycles. The Hall–Kier alpha value is -0.900. The minimum absolute atomic E-state index is 0. The Kier molecular flexibility index (Phi) is 14.1. The van der Waals surface area contributed by atoms with Crippen molar-refractivity contribution >= 4 is 5.91 Å². The average Bonchev–Trinajstić information content (AvgIpc) is 2.53. The van der Waals surface area contributed by atoms with E-state index in [0.29, 0.717) is 6.42 Å². The highest BCUT2D eigenvalue weighted by atomic mass is 79.9. The number of aryl methyl sites for hydroxylation is 2. The van der Waals surface area contributed by atoms with E-state index in [1.54, 1.807) is 0 Å². The molecule has 0 unspecified atom stereocenters. The Morgan fingerprint density at radius 3 is 2.17 bits per heavy atom. The fourth-order valence-electron chi connectivity index (χ4n) is 2.49. The predicted molar refractivity (Wildman–Crippen MR) is 91.6 cm³/mol. The zero-order valence-corrected chi connectivity index (χ0v) is 16.4. The summed E-state index contributed by atoms with van der Waals surface area (Å²) in [7, 11) is 0. The van der Waals surface area contributed by atoms with Gasteiger partial charge in [-0.15, -0.1) is 0 Å². The third kappa shape index (κ3) is 12.2. The number of hydrogen-bond donors (Lipinski definition) is 1. The van der Waals surface area contributed by atoms with E-state index < -0.39 is 0 Å². The molecule has 0 spiro atoms. The van der Waals surface area contributed by atoms with E-state index in [0.717, 1.165) is 19.5 Å². The van der Waals surface area contributed by atoms with Crippen molar-refractivity contribution in [1.29, 1.82) is 0 Å². The molecule has 0 atom stereocenters. The van der Waals surface area contributed by atoms with Gasteiger partial charge in [-0.1, -0.05) is 51.9 Å². The molecule has 1 rings (SSSR count). The molecule has 1 aromatic heterocycles. The van der Waals surface area contributed by atoms with E-state index in [1.807, 2.05) is 12.4 Å². The molecular formula is C19H33BrN2O. The highest BCUT2D eigenvalue weighted by molar-refractivity contribution is 5.75. The van der Waals surface area contributed by atoms with Gasteiger partial charge in [0, 0.05) is 18.7 Å². The molecule has 23 heavy (non-hydrogen) atoms. The van der Waals surface area contributed by atoms with Crippen LogP contribution < -0.4 is 26.9 Å². The fourth-order valence-corrected chi connectivity index (χ4v) is 2.49. The van der Waals surface area contributed by atoms with Gasteiger partial charge in [0.2, 0.25) is 5.91 Å². The van der Waals surface area contributed by atoms with Crippen LogP contribution in [0.15, 0.2) is 24.5 Å². The molecular weight excluding hydrogens is 352 g/mol. The Morgan fingerprint density at radius 2 is 1.57 bits per heavy atom. The van der Waals surface area contributed by atoms with E-state index in [4.69, 9.17) is 0 Å². The summed E-state index contributed by atoms with van der Waals surface area (Å²) in [5, 5.41) is 3.02. The van der Waals surface area contributed by atoms with Gasteiger partial charge in [-0.25, -0.2) is 4.57 Å². The van der Waals surface area contributed by atoms with Crippen molar-refractivity contribution < 1.29 is 26.3 Å². The third-order valence-corrected chi connectivity index (χ3v) is 4.01. The van der Waals surface area contributed by atoms with E-state index in [-0.39, 0.29) is 22.9 Å². The molecule has 0 saturated heterocycles. The molecule has 0 radical (unpaired) electrons. The van der Waals surface area contributed by atoms with Crippen LogP contribution in [0.4, 0.5) is 0 Å². The molecule has 3 nitrogen and oxygen atoms in total. The van der Waals surface area contributed by atoms with Crippen molar-refractivity contribution in [2.75, 3.05) is 6.54 Å². The fraction of sp³-hybridized carbons (Fsp3) is 0.684. The Labute approximate surface area is 152 Å². The van der Waals surface area contributed by atoms with E-state index in [1.165, 1.54) is 50.5 Å². The number of amides is 1. The summed E-state index contributed by atoms with van der Waals surface area (Å²) in [6.45, 7) is 5.90. The summed E-state index contributed by atoms with van der Waals surface area (Å²) < 4.78 is 2.06. The van der Waals surface area contributed by atoms with Gasteiger partial charge in [0.1, 0.15) is 0 Å². The van der Waals surface area contributed by atoms with Crippen LogP contribution in [0.3, 0.4) is 0 Å². The van der Waals surface area contributed by atoms with Crippen molar-refractivity contribution in [1.82, 2.24) is 5.32 Å². The van der Waals surface area contributed by atoms with Crippen LogP contribution in [-0.4, -0.2) is 12.5 Å². The first-order valence-electron chi connectivity index (χ1n) is 8.94. The number of carbonyl (C=O) groups is 1. The van der Waals surface area contributed by atoms with E-state index in [9.17, 15) is 4.79 Å². The minimum atomic E-state index is 0. The van der Waals surface area contributed by atoms with Gasteiger partial charge < -0.3 is 22.3 Å². The molecule has 4 heteroatoms. The second-order valence-electron chi connectivity index (χ2n) is 6.19. The smallest absolute Gasteiger partial charge is 0.226 e. The van der Waals surface area contributed by atoms with Crippen LogP contribution in [0.2, 0.25) is 0 Å². The van der Waals surface area contributed by atoms with Gasteiger partial charge in [-0.2, -0.15) is 0 Å². The molecule has 0 aliphatic heterocycles. The molecule has 0 saturated carbocycles. The number of carbonyl (C=O) groups excluding carboxylic acids is 1. The number of rotatable bonds is 12. The van der Waals surface area contributed by atoms with Crippen LogP contribution in [0, 0.1) is 6.92 Å². The summed E-state index contributed by atoms with van der Waals surface area (Å²) >= 11 is 0. The zero-order chi connectivity index (χ0) is 16.0. The first kappa shape index (κ1) is 22.1. The lowest BCUT2D eigenvalue weighted by atomic mass is 10.1. The second-order valence-corrected chi connectivity index (χ2v) is 6.19. The van der Waals surface area contributed by atoms with Crippen molar-refractivity contribution in [3.63, 3.8) is 0 Å². The number of halogens is 1. The summed E-state index contributed by atoms with van der Waals surface area (Å²) in [5.41, 5.74) is 1.25. The van der Waals surface area contributed by atoms with E-state index >= 15 is 0 Å². The van der Waals surface area contributed by atoms with Gasteiger partial charge in [0.15, 0.2) is 18.9 Å². The van der Waals surface area contributed by atoms with Crippen LogP contribution in [0.5, 0.6) is 0 Å². The van der Waals surface area contributed by atoms with Crippen molar-refractivity contribution in [2.24, 2.45) is 0 Å². The van der Waals surface area contributed by atoms with Crippen LogP contribution in [0.25, 0.3) is 0 Å². The Morgan fingerprint density at radius 1 is 1.00 bits per heavy atom. The SMILES string of the molecule is CCCCCCCCCCNC(=O)CC[n+]1ccc(C)cc1.[Br-]. The lowest BCUT2D eigenvalue weighted by molar-refractivity contribution is -0.695. The van der Waals surface area contributed by atoms with Gasteiger partial charge >= 0.3 is 0 Å². The predicted octanol–water partition coefficient (Wildman–Crippen LogP) is 0.934.